The third kappa shape index (κ3) is 3.82. The lowest BCUT2D eigenvalue weighted by Crippen LogP contribution is -2.13. The summed E-state index contributed by atoms with van der Waals surface area (Å²) >= 11 is 0. The van der Waals surface area contributed by atoms with E-state index in [0.717, 1.165) is 46.6 Å². The van der Waals surface area contributed by atoms with Crippen molar-refractivity contribution in [2.75, 3.05) is 5.32 Å². The van der Waals surface area contributed by atoms with E-state index in [4.69, 9.17) is 10.2 Å². The van der Waals surface area contributed by atoms with Crippen molar-refractivity contribution < 1.29 is 0 Å². The maximum Gasteiger partial charge on any atom is 0.145 e. The highest BCUT2D eigenvalue weighted by molar-refractivity contribution is 5.80. The smallest absolute Gasteiger partial charge is 0.145 e. The molecule has 5 rings (SSSR count). The van der Waals surface area contributed by atoms with E-state index in [9.17, 15) is 0 Å². The van der Waals surface area contributed by atoms with Gasteiger partial charge < -0.3 is 5.32 Å². The molecule has 0 bridgehead atoms. The van der Waals surface area contributed by atoms with Gasteiger partial charge in [-0.05, 0) is 38.8 Å². The fourth-order valence-electron chi connectivity index (χ4n) is 4.40. The Bertz CT molecular complexity index is 1290. The molecule has 0 aliphatic heterocycles. The summed E-state index contributed by atoms with van der Waals surface area (Å²) in [6.45, 7) is 4.22. The second-order valence-corrected chi connectivity index (χ2v) is 8.70. The van der Waals surface area contributed by atoms with Gasteiger partial charge in [-0.2, -0.15) is 5.26 Å². The number of hydrogen-bond acceptors (Lipinski definition) is 6. The van der Waals surface area contributed by atoms with Crippen molar-refractivity contribution in [3.63, 3.8) is 0 Å². The topological polar surface area (TPSA) is 97.2 Å². The summed E-state index contributed by atoms with van der Waals surface area (Å²) in [5, 5.41) is 22.5. The summed E-state index contributed by atoms with van der Waals surface area (Å²) in [7, 11) is 0. The van der Waals surface area contributed by atoms with Crippen LogP contribution in [-0.4, -0.2) is 35.6 Å². The van der Waals surface area contributed by atoms with Gasteiger partial charge in [-0.15, -0.1) is 5.10 Å². The molecule has 0 atom stereocenters. The number of aromatic nitrogens is 6. The molecule has 0 saturated heterocycles. The van der Waals surface area contributed by atoms with Crippen LogP contribution in [0.3, 0.4) is 0 Å². The first-order chi connectivity index (χ1) is 15.6. The van der Waals surface area contributed by atoms with Crippen LogP contribution < -0.4 is 5.32 Å². The second kappa shape index (κ2) is 8.42. The molecule has 162 valence electrons. The summed E-state index contributed by atoms with van der Waals surface area (Å²) in [5.41, 5.74) is 4.02. The molecule has 4 aromatic heterocycles. The van der Waals surface area contributed by atoms with Crippen LogP contribution in [0.5, 0.6) is 0 Å². The Kier molecular flexibility index (Phi) is 5.31. The highest BCUT2D eigenvalue weighted by Crippen LogP contribution is 2.32. The van der Waals surface area contributed by atoms with Gasteiger partial charge in [-0.1, -0.05) is 24.5 Å². The van der Waals surface area contributed by atoms with Gasteiger partial charge in [0.2, 0.25) is 0 Å². The molecule has 1 aliphatic carbocycles. The molecule has 32 heavy (non-hydrogen) atoms. The van der Waals surface area contributed by atoms with Crippen molar-refractivity contribution in [3.8, 4) is 23.1 Å². The largest absolute Gasteiger partial charge is 0.382 e. The summed E-state index contributed by atoms with van der Waals surface area (Å²) in [6, 6.07) is 8.63. The molecule has 0 amide bonds. The van der Waals surface area contributed by atoms with Crippen LogP contribution in [0.1, 0.15) is 57.6 Å². The van der Waals surface area contributed by atoms with Crippen molar-refractivity contribution in [2.24, 2.45) is 0 Å². The van der Waals surface area contributed by atoms with Gasteiger partial charge in [-0.3, -0.25) is 4.57 Å². The maximum atomic E-state index is 9.13. The van der Waals surface area contributed by atoms with Crippen molar-refractivity contribution in [2.45, 2.75) is 58.0 Å². The fourth-order valence-corrected chi connectivity index (χ4v) is 4.40. The fraction of sp³-hybridized carbons (Fsp3) is 0.375. The van der Waals surface area contributed by atoms with Crippen LogP contribution in [0.4, 0.5) is 5.69 Å². The zero-order valence-electron chi connectivity index (χ0n) is 18.4. The van der Waals surface area contributed by atoms with E-state index in [0.29, 0.717) is 11.6 Å². The maximum absolute atomic E-state index is 9.13. The van der Waals surface area contributed by atoms with Crippen LogP contribution >= 0.6 is 0 Å². The van der Waals surface area contributed by atoms with E-state index in [-0.39, 0.29) is 6.04 Å². The lowest BCUT2D eigenvalue weighted by molar-refractivity contribution is 0.324. The quantitative estimate of drug-likeness (QED) is 0.489. The van der Waals surface area contributed by atoms with Crippen LogP contribution in [-0.2, 0) is 0 Å². The molecule has 0 spiro atoms. The number of hydrogen-bond donors (Lipinski definition) is 1. The monoisotopic (exact) mass is 426 g/mol. The normalized spacial score (nSPS) is 14.7. The first-order valence-corrected chi connectivity index (χ1v) is 11.2. The molecule has 1 fully saturated rings. The molecule has 0 unspecified atom stereocenters. The van der Waals surface area contributed by atoms with Crippen LogP contribution in [0, 0.1) is 11.3 Å². The average molecular weight is 427 g/mol. The Morgan fingerprint density at radius 3 is 2.75 bits per heavy atom. The van der Waals surface area contributed by atoms with E-state index in [2.05, 4.69) is 40.5 Å². The SMILES string of the molecule is CC(C)Nc1cc(-n2ccc3cc(C#N)cnc32)ncc1-c1cn(C2CCCCC2)nn1. The minimum Gasteiger partial charge on any atom is -0.382 e. The second-order valence-electron chi connectivity index (χ2n) is 8.70. The van der Waals surface area contributed by atoms with Gasteiger partial charge in [0, 0.05) is 47.3 Å². The van der Waals surface area contributed by atoms with E-state index >= 15 is 0 Å². The lowest BCUT2D eigenvalue weighted by Gasteiger charge is -2.21. The van der Waals surface area contributed by atoms with E-state index in [1.54, 1.807) is 6.20 Å². The molecular weight excluding hydrogens is 400 g/mol. The molecule has 1 N–H and O–H groups in total. The molecule has 8 heteroatoms. The highest BCUT2D eigenvalue weighted by atomic mass is 15.4. The molecule has 1 aliphatic rings. The summed E-state index contributed by atoms with van der Waals surface area (Å²) in [4.78, 5) is 9.19. The number of nitrogens with zero attached hydrogens (tertiary/aromatic N) is 7. The number of pyridine rings is 2. The van der Waals surface area contributed by atoms with Gasteiger partial charge in [0.25, 0.3) is 0 Å². The van der Waals surface area contributed by atoms with Gasteiger partial charge in [0.15, 0.2) is 0 Å². The highest BCUT2D eigenvalue weighted by Gasteiger charge is 2.19. The lowest BCUT2D eigenvalue weighted by atomic mass is 9.96. The van der Waals surface area contributed by atoms with Crippen LogP contribution in [0.15, 0.2) is 43.0 Å². The standard InChI is InChI=1S/C24H26N8/c1-16(2)28-21-11-23(31-9-8-18-10-17(12-25)13-27-24(18)31)26-14-20(21)22-15-32(30-29-22)19-6-4-3-5-7-19/h8-11,13-16,19H,3-7H2,1-2H3,(H,26,28). The minimum absolute atomic E-state index is 0.245. The third-order valence-electron chi connectivity index (χ3n) is 5.97. The Hall–Kier alpha value is -3.73. The number of rotatable bonds is 5. The number of fused-ring (bicyclic) bond motifs is 1. The van der Waals surface area contributed by atoms with Gasteiger partial charge in [0.1, 0.15) is 23.2 Å². The first-order valence-electron chi connectivity index (χ1n) is 11.2. The Morgan fingerprint density at radius 1 is 1.12 bits per heavy atom. The average Bonchev–Trinajstić information content (AvgIpc) is 3.46. The summed E-state index contributed by atoms with van der Waals surface area (Å²) in [5.74, 6) is 0.754. The molecule has 0 aromatic carbocycles. The van der Waals surface area contributed by atoms with Gasteiger partial charge in [0.05, 0.1) is 17.8 Å². The van der Waals surface area contributed by atoms with Gasteiger partial charge >= 0.3 is 0 Å². The van der Waals surface area contributed by atoms with Crippen molar-refractivity contribution in [1.82, 2.24) is 29.5 Å². The van der Waals surface area contributed by atoms with E-state index < -0.39 is 0 Å². The molecule has 8 nitrogen and oxygen atoms in total. The number of anilines is 1. The zero-order valence-corrected chi connectivity index (χ0v) is 18.4. The molecule has 1 saturated carbocycles. The number of nitriles is 1. The predicted molar refractivity (Wildman–Crippen MR) is 123 cm³/mol. The van der Waals surface area contributed by atoms with Crippen molar-refractivity contribution >= 4 is 16.7 Å². The van der Waals surface area contributed by atoms with Crippen molar-refractivity contribution in [3.05, 3.63) is 48.5 Å². The zero-order chi connectivity index (χ0) is 22.1. The molecule has 4 heterocycles. The predicted octanol–water partition coefficient (Wildman–Crippen LogP) is 4.88. The Morgan fingerprint density at radius 2 is 1.97 bits per heavy atom. The molecule has 4 aromatic rings. The van der Waals surface area contributed by atoms with Crippen LogP contribution in [0.25, 0.3) is 28.1 Å². The van der Waals surface area contributed by atoms with Gasteiger partial charge in [-0.25, -0.2) is 14.6 Å². The summed E-state index contributed by atoms with van der Waals surface area (Å²) in [6.07, 6.45) is 13.6. The van der Waals surface area contributed by atoms with E-state index in [1.165, 1.54) is 19.3 Å². The Labute approximate surface area is 186 Å². The minimum atomic E-state index is 0.245. The third-order valence-corrected chi connectivity index (χ3v) is 5.97. The number of nitrogens with one attached hydrogen (secondary N) is 1. The van der Waals surface area contributed by atoms with E-state index in [1.807, 2.05) is 46.0 Å². The summed E-state index contributed by atoms with van der Waals surface area (Å²) < 4.78 is 3.96. The van der Waals surface area contributed by atoms with Crippen molar-refractivity contribution in [1.29, 1.82) is 5.26 Å². The Balaban J connectivity index is 1.53. The molecule has 0 radical (unpaired) electrons. The first kappa shape index (κ1) is 20.2. The molecular formula is C24H26N8. The van der Waals surface area contributed by atoms with Crippen LogP contribution in [0.2, 0.25) is 0 Å².